The highest BCUT2D eigenvalue weighted by atomic mass is 31.2. The van der Waals surface area contributed by atoms with Crippen LogP contribution in [-0.4, -0.2) is 29.3 Å². The molecule has 3 rings (SSSR count). The summed E-state index contributed by atoms with van der Waals surface area (Å²) in [5.74, 6) is 1.49. The second kappa shape index (κ2) is 4.12. The van der Waals surface area contributed by atoms with E-state index in [1.54, 1.807) is 6.33 Å². The summed E-state index contributed by atoms with van der Waals surface area (Å²) in [5, 5.41) is 0. The number of hydrogen-bond donors (Lipinski definition) is 3. The van der Waals surface area contributed by atoms with Crippen LogP contribution in [0.2, 0.25) is 0 Å². The van der Waals surface area contributed by atoms with E-state index in [-0.39, 0.29) is 5.92 Å². The van der Waals surface area contributed by atoms with Crippen molar-refractivity contribution in [2.75, 3.05) is 5.73 Å². The fourth-order valence-corrected chi connectivity index (χ4v) is 2.80. The Hall–Kier alpha value is -1.76. The third kappa shape index (κ3) is 2.51. The SMILES string of the molecule is Nc1ncnc2c1ncn2CC1C/C1=C/P(=O)(O)O. The Morgan fingerprint density at radius 1 is 1.47 bits per heavy atom. The number of hydrogen-bond acceptors (Lipinski definition) is 5. The van der Waals surface area contributed by atoms with Crippen molar-refractivity contribution in [3.63, 3.8) is 0 Å². The van der Waals surface area contributed by atoms with E-state index in [1.165, 1.54) is 6.33 Å². The lowest BCUT2D eigenvalue weighted by molar-refractivity contribution is 0.386. The van der Waals surface area contributed by atoms with Crippen LogP contribution in [0.4, 0.5) is 5.82 Å². The number of anilines is 1. The molecule has 0 radical (unpaired) electrons. The summed E-state index contributed by atoms with van der Waals surface area (Å²) in [5.41, 5.74) is 7.64. The van der Waals surface area contributed by atoms with Gasteiger partial charge < -0.3 is 20.1 Å². The summed E-state index contributed by atoms with van der Waals surface area (Å²) in [6.45, 7) is 0.582. The molecule has 8 nitrogen and oxygen atoms in total. The van der Waals surface area contributed by atoms with E-state index in [9.17, 15) is 4.57 Å². The van der Waals surface area contributed by atoms with Crippen molar-refractivity contribution in [2.24, 2.45) is 5.92 Å². The highest BCUT2D eigenvalue weighted by Gasteiger charge is 2.33. The van der Waals surface area contributed by atoms with Gasteiger partial charge >= 0.3 is 7.60 Å². The lowest BCUT2D eigenvalue weighted by atomic mass is 10.4. The standard InChI is InChI=1S/C10H12N5O3P/c11-9-8-10(13-4-12-9)15(5-14-8)2-6-1-7(6)3-19(16,17)18/h3-6H,1-2H2,(H2,11,12,13)(H2,16,17,18)/b7-3-. The Labute approximate surface area is 108 Å². The van der Waals surface area contributed by atoms with Gasteiger partial charge in [-0.25, -0.2) is 15.0 Å². The molecule has 9 heteroatoms. The minimum atomic E-state index is -4.08. The first-order valence-corrected chi connectivity index (χ1v) is 7.30. The third-order valence-electron chi connectivity index (χ3n) is 3.03. The van der Waals surface area contributed by atoms with Crippen LogP contribution in [0.25, 0.3) is 11.2 Å². The summed E-state index contributed by atoms with van der Waals surface area (Å²) in [4.78, 5) is 29.8. The first-order chi connectivity index (χ1) is 8.94. The number of imidazole rings is 1. The van der Waals surface area contributed by atoms with Crippen molar-refractivity contribution in [3.8, 4) is 0 Å². The minimum Gasteiger partial charge on any atom is -0.382 e. The molecule has 0 aliphatic heterocycles. The van der Waals surface area contributed by atoms with Crippen molar-refractivity contribution < 1.29 is 14.4 Å². The third-order valence-corrected chi connectivity index (χ3v) is 3.69. The number of nitrogen functional groups attached to an aromatic ring is 1. The minimum absolute atomic E-state index is 0.126. The van der Waals surface area contributed by atoms with E-state index in [4.69, 9.17) is 15.5 Å². The zero-order chi connectivity index (χ0) is 13.6. The molecule has 1 aliphatic carbocycles. The Morgan fingerprint density at radius 2 is 2.26 bits per heavy atom. The molecule has 4 N–H and O–H groups in total. The van der Waals surface area contributed by atoms with Crippen LogP contribution in [0.1, 0.15) is 6.42 Å². The molecule has 2 aromatic rings. The molecular formula is C10H12N5O3P. The summed E-state index contributed by atoms with van der Waals surface area (Å²) in [6.07, 6.45) is 3.67. The highest BCUT2D eigenvalue weighted by Crippen LogP contribution is 2.48. The van der Waals surface area contributed by atoms with Crippen LogP contribution in [0.5, 0.6) is 0 Å². The number of fused-ring (bicyclic) bond motifs is 1. The molecule has 0 aromatic carbocycles. The van der Waals surface area contributed by atoms with Crippen molar-refractivity contribution >= 4 is 24.6 Å². The van der Waals surface area contributed by atoms with Crippen LogP contribution in [0.3, 0.4) is 0 Å². The van der Waals surface area contributed by atoms with Gasteiger partial charge in [-0.05, 0) is 6.42 Å². The Balaban J connectivity index is 1.83. The molecule has 19 heavy (non-hydrogen) atoms. The van der Waals surface area contributed by atoms with Gasteiger partial charge in [0.05, 0.1) is 6.33 Å². The van der Waals surface area contributed by atoms with Gasteiger partial charge in [-0.2, -0.15) is 0 Å². The largest absolute Gasteiger partial charge is 0.382 e. The van der Waals surface area contributed by atoms with Crippen molar-refractivity contribution in [2.45, 2.75) is 13.0 Å². The monoisotopic (exact) mass is 281 g/mol. The zero-order valence-electron chi connectivity index (χ0n) is 9.84. The molecule has 0 saturated heterocycles. The van der Waals surface area contributed by atoms with Crippen LogP contribution < -0.4 is 5.73 Å². The van der Waals surface area contributed by atoms with Gasteiger partial charge in [0, 0.05) is 18.3 Å². The number of allylic oxidation sites excluding steroid dienone is 1. The number of aromatic nitrogens is 4. The maximum Gasteiger partial charge on any atom is 0.349 e. The first-order valence-electron chi connectivity index (χ1n) is 5.62. The van der Waals surface area contributed by atoms with E-state index in [1.807, 2.05) is 4.57 Å². The smallest absolute Gasteiger partial charge is 0.349 e. The number of nitrogens with two attached hydrogens (primary N) is 1. The molecule has 1 atom stereocenters. The average Bonchev–Trinajstić information content (AvgIpc) is 2.85. The quantitative estimate of drug-likeness (QED) is 0.698. The normalized spacial score (nSPS) is 21.2. The molecule has 1 aliphatic rings. The first kappa shape index (κ1) is 12.3. The topological polar surface area (TPSA) is 127 Å². The molecule has 0 spiro atoms. The maximum atomic E-state index is 10.8. The van der Waals surface area contributed by atoms with Crippen molar-refractivity contribution in [1.29, 1.82) is 0 Å². The fraction of sp³-hybridized carbons (Fsp3) is 0.300. The van der Waals surface area contributed by atoms with Gasteiger partial charge in [0.15, 0.2) is 11.5 Å². The second-order valence-electron chi connectivity index (χ2n) is 4.52. The summed E-state index contributed by atoms with van der Waals surface area (Å²) in [6, 6.07) is 0. The van der Waals surface area contributed by atoms with E-state index >= 15 is 0 Å². The lowest BCUT2D eigenvalue weighted by Crippen LogP contribution is -2.00. The lowest BCUT2D eigenvalue weighted by Gasteiger charge is -2.01. The van der Waals surface area contributed by atoms with Gasteiger partial charge in [-0.3, -0.25) is 4.57 Å². The fourth-order valence-electron chi connectivity index (χ4n) is 2.05. The van der Waals surface area contributed by atoms with Gasteiger partial charge in [-0.15, -0.1) is 0 Å². The average molecular weight is 281 g/mol. The molecular weight excluding hydrogens is 269 g/mol. The van der Waals surface area contributed by atoms with E-state index < -0.39 is 7.60 Å². The molecule has 2 aromatic heterocycles. The maximum absolute atomic E-state index is 10.8. The van der Waals surface area contributed by atoms with Gasteiger partial charge in [-0.1, -0.05) is 5.57 Å². The molecule has 100 valence electrons. The summed E-state index contributed by atoms with van der Waals surface area (Å²) < 4.78 is 12.7. The number of rotatable bonds is 3. The summed E-state index contributed by atoms with van der Waals surface area (Å²) >= 11 is 0. The predicted octanol–water partition coefficient (Wildman–Crippen LogP) is 0.490. The molecule has 2 heterocycles. The van der Waals surface area contributed by atoms with Gasteiger partial charge in [0.1, 0.15) is 11.8 Å². The molecule has 0 bridgehead atoms. The van der Waals surface area contributed by atoms with Crippen LogP contribution in [0.15, 0.2) is 24.0 Å². The zero-order valence-corrected chi connectivity index (χ0v) is 10.7. The Bertz CT molecular complexity index is 719. The van der Waals surface area contributed by atoms with Crippen molar-refractivity contribution in [3.05, 3.63) is 24.0 Å². The highest BCUT2D eigenvalue weighted by molar-refractivity contribution is 7.55. The van der Waals surface area contributed by atoms with Gasteiger partial charge in [0.25, 0.3) is 0 Å². The van der Waals surface area contributed by atoms with Gasteiger partial charge in [0.2, 0.25) is 0 Å². The van der Waals surface area contributed by atoms with Crippen molar-refractivity contribution in [1.82, 2.24) is 19.5 Å². The molecule has 1 fully saturated rings. The molecule has 0 amide bonds. The predicted molar refractivity (Wildman–Crippen MR) is 68.0 cm³/mol. The van der Waals surface area contributed by atoms with E-state index in [2.05, 4.69) is 15.0 Å². The second-order valence-corrected chi connectivity index (χ2v) is 5.96. The van der Waals surface area contributed by atoms with E-state index in [0.717, 1.165) is 11.4 Å². The Kier molecular flexibility index (Phi) is 2.67. The number of nitrogens with zero attached hydrogens (tertiary/aromatic N) is 4. The Morgan fingerprint density at radius 3 is 3.00 bits per heavy atom. The van der Waals surface area contributed by atoms with E-state index in [0.29, 0.717) is 29.9 Å². The molecule has 1 unspecified atom stereocenters. The van der Waals surface area contributed by atoms with Crippen LogP contribution in [0, 0.1) is 5.92 Å². The molecule has 1 saturated carbocycles. The van der Waals surface area contributed by atoms with Crippen LogP contribution >= 0.6 is 7.60 Å². The van der Waals surface area contributed by atoms with Crippen LogP contribution in [-0.2, 0) is 11.1 Å². The summed E-state index contributed by atoms with van der Waals surface area (Å²) in [7, 11) is -4.08.